The lowest BCUT2D eigenvalue weighted by Crippen LogP contribution is -2.33. The average molecular weight is 339 g/mol. The molecular formula is C15H19BrN2S. The van der Waals surface area contributed by atoms with E-state index < -0.39 is 0 Å². The van der Waals surface area contributed by atoms with E-state index >= 15 is 0 Å². The van der Waals surface area contributed by atoms with Gasteiger partial charge in [-0.25, -0.2) is 0 Å². The molecule has 1 aromatic heterocycles. The summed E-state index contributed by atoms with van der Waals surface area (Å²) in [4.78, 5) is 5.51. The Morgan fingerprint density at radius 1 is 1.32 bits per heavy atom. The predicted octanol–water partition coefficient (Wildman–Crippen LogP) is 4.06. The zero-order valence-electron chi connectivity index (χ0n) is 11.1. The van der Waals surface area contributed by atoms with Gasteiger partial charge in [-0.1, -0.05) is 41.1 Å². The van der Waals surface area contributed by atoms with Crippen molar-refractivity contribution in [1.29, 1.82) is 0 Å². The third-order valence-electron chi connectivity index (χ3n) is 3.04. The second-order valence-corrected chi connectivity index (χ2v) is 6.44. The van der Waals surface area contributed by atoms with Gasteiger partial charge in [0.1, 0.15) is 0 Å². The van der Waals surface area contributed by atoms with Crippen molar-refractivity contribution >= 4 is 27.3 Å². The molecule has 0 aliphatic rings. The van der Waals surface area contributed by atoms with Crippen LogP contribution in [0, 0.1) is 0 Å². The summed E-state index contributed by atoms with van der Waals surface area (Å²) in [5.41, 5.74) is 3.27. The van der Waals surface area contributed by atoms with Gasteiger partial charge in [-0.2, -0.15) is 0 Å². The van der Waals surface area contributed by atoms with Gasteiger partial charge in [-0.05, 0) is 37.4 Å². The molecule has 4 heteroatoms. The molecule has 0 amide bonds. The molecule has 1 heterocycles. The Hall–Kier alpha value is -0.710. The standard InChI is InChI=1S/C15H19BrN2S/c1-2-7-18-13(9-14-10-17-11-19-14)8-12-5-3-4-6-15(12)16/h3-6,10-11,13,18H,2,7-9H2,1H3. The summed E-state index contributed by atoms with van der Waals surface area (Å²) >= 11 is 5.37. The third-order valence-corrected chi connectivity index (χ3v) is 4.61. The Morgan fingerprint density at radius 3 is 2.84 bits per heavy atom. The third kappa shape index (κ3) is 4.71. The van der Waals surface area contributed by atoms with Crippen LogP contribution in [0.1, 0.15) is 23.8 Å². The van der Waals surface area contributed by atoms with E-state index in [2.05, 4.69) is 57.4 Å². The molecule has 0 fully saturated rings. The van der Waals surface area contributed by atoms with Gasteiger partial charge in [0, 0.05) is 21.6 Å². The molecule has 0 aliphatic carbocycles. The minimum absolute atomic E-state index is 0.471. The Labute approximate surface area is 127 Å². The summed E-state index contributed by atoms with van der Waals surface area (Å²) in [6, 6.07) is 8.93. The summed E-state index contributed by atoms with van der Waals surface area (Å²) in [5, 5.41) is 3.64. The summed E-state index contributed by atoms with van der Waals surface area (Å²) in [6.07, 6.45) is 5.23. The minimum Gasteiger partial charge on any atom is -0.313 e. The van der Waals surface area contributed by atoms with E-state index in [9.17, 15) is 0 Å². The number of thiazole rings is 1. The van der Waals surface area contributed by atoms with Crippen molar-refractivity contribution in [3.05, 3.63) is 50.9 Å². The van der Waals surface area contributed by atoms with Crippen molar-refractivity contribution in [3.63, 3.8) is 0 Å². The molecule has 2 nitrogen and oxygen atoms in total. The zero-order valence-corrected chi connectivity index (χ0v) is 13.5. The summed E-state index contributed by atoms with van der Waals surface area (Å²) in [7, 11) is 0. The SMILES string of the molecule is CCCNC(Cc1cncs1)Cc1ccccc1Br. The molecule has 2 rings (SSSR count). The first-order chi connectivity index (χ1) is 9.29. The molecule has 1 aromatic carbocycles. The lowest BCUT2D eigenvalue weighted by molar-refractivity contribution is 0.506. The zero-order chi connectivity index (χ0) is 13.5. The fraction of sp³-hybridized carbons (Fsp3) is 0.400. The van der Waals surface area contributed by atoms with Crippen molar-refractivity contribution < 1.29 is 0 Å². The van der Waals surface area contributed by atoms with Crippen LogP contribution in [-0.4, -0.2) is 17.6 Å². The number of hydrogen-bond donors (Lipinski definition) is 1. The number of nitrogens with one attached hydrogen (secondary N) is 1. The van der Waals surface area contributed by atoms with Gasteiger partial charge >= 0.3 is 0 Å². The van der Waals surface area contributed by atoms with Crippen LogP contribution in [0.15, 0.2) is 40.4 Å². The van der Waals surface area contributed by atoms with Crippen molar-refractivity contribution in [2.75, 3.05) is 6.54 Å². The summed E-state index contributed by atoms with van der Waals surface area (Å²) in [6.45, 7) is 3.27. The van der Waals surface area contributed by atoms with Crippen LogP contribution < -0.4 is 5.32 Å². The number of benzene rings is 1. The molecule has 0 saturated carbocycles. The Bertz CT molecular complexity index is 485. The number of aromatic nitrogens is 1. The second kappa shape index (κ2) is 7.78. The number of halogens is 1. The Balaban J connectivity index is 2.03. The lowest BCUT2D eigenvalue weighted by atomic mass is 10.0. The van der Waals surface area contributed by atoms with E-state index in [-0.39, 0.29) is 0 Å². The van der Waals surface area contributed by atoms with E-state index in [1.807, 2.05) is 11.7 Å². The molecule has 0 aliphatic heterocycles. The Morgan fingerprint density at radius 2 is 2.16 bits per heavy atom. The normalized spacial score (nSPS) is 12.5. The molecule has 0 spiro atoms. The molecule has 19 heavy (non-hydrogen) atoms. The van der Waals surface area contributed by atoms with Crippen LogP contribution in [0.4, 0.5) is 0 Å². The van der Waals surface area contributed by atoms with Gasteiger partial charge in [0.25, 0.3) is 0 Å². The Kier molecular flexibility index (Phi) is 6.01. The van der Waals surface area contributed by atoms with Crippen LogP contribution >= 0.6 is 27.3 Å². The largest absolute Gasteiger partial charge is 0.313 e. The van der Waals surface area contributed by atoms with Gasteiger partial charge in [-0.3, -0.25) is 4.98 Å². The number of hydrogen-bond acceptors (Lipinski definition) is 3. The first-order valence-electron chi connectivity index (χ1n) is 6.63. The first kappa shape index (κ1) is 14.7. The van der Waals surface area contributed by atoms with Crippen molar-refractivity contribution in [2.45, 2.75) is 32.2 Å². The van der Waals surface area contributed by atoms with Gasteiger partial charge in [0.15, 0.2) is 0 Å². The fourth-order valence-corrected chi connectivity index (χ4v) is 3.20. The molecule has 102 valence electrons. The summed E-state index contributed by atoms with van der Waals surface area (Å²) < 4.78 is 1.20. The highest BCUT2D eigenvalue weighted by molar-refractivity contribution is 9.10. The molecule has 2 aromatic rings. The van der Waals surface area contributed by atoms with Crippen LogP contribution in [0.2, 0.25) is 0 Å². The molecule has 0 bridgehead atoms. The topological polar surface area (TPSA) is 24.9 Å². The van der Waals surface area contributed by atoms with Crippen LogP contribution in [-0.2, 0) is 12.8 Å². The van der Waals surface area contributed by atoms with Crippen LogP contribution in [0.5, 0.6) is 0 Å². The van der Waals surface area contributed by atoms with E-state index in [4.69, 9.17) is 0 Å². The van der Waals surface area contributed by atoms with Crippen LogP contribution in [0.3, 0.4) is 0 Å². The maximum atomic E-state index is 4.16. The highest BCUT2D eigenvalue weighted by Crippen LogP contribution is 2.19. The van der Waals surface area contributed by atoms with E-state index in [1.54, 1.807) is 11.3 Å². The van der Waals surface area contributed by atoms with Gasteiger partial charge in [0.05, 0.1) is 5.51 Å². The van der Waals surface area contributed by atoms with Gasteiger partial charge in [0.2, 0.25) is 0 Å². The number of nitrogens with zero attached hydrogens (tertiary/aromatic N) is 1. The first-order valence-corrected chi connectivity index (χ1v) is 8.31. The molecule has 0 radical (unpaired) electrons. The van der Waals surface area contributed by atoms with Crippen molar-refractivity contribution in [1.82, 2.24) is 10.3 Å². The maximum absolute atomic E-state index is 4.16. The quantitative estimate of drug-likeness (QED) is 0.823. The van der Waals surface area contributed by atoms with E-state index in [0.29, 0.717) is 6.04 Å². The van der Waals surface area contributed by atoms with Gasteiger partial charge < -0.3 is 5.32 Å². The molecule has 1 unspecified atom stereocenters. The van der Waals surface area contributed by atoms with E-state index in [0.717, 1.165) is 25.8 Å². The predicted molar refractivity (Wildman–Crippen MR) is 85.7 cm³/mol. The maximum Gasteiger partial charge on any atom is 0.0794 e. The lowest BCUT2D eigenvalue weighted by Gasteiger charge is -2.18. The van der Waals surface area contributed by atoms with Crippen molar-refractivity contribution in [2.24, 2.45) is 0 Å². The highest BCUT2D eigenvalue weighted by Gasteiger charge is 2.12. The highest BCUT2D eigenvalue weighted by atomic mass is 79.9. The average Bonchev–Trinajstić information content (AvgIpc) is 2.91. The molecule has 1 N–H and O–H groups in total. The molecular weight excluding hydrogens is 320 g/mol. The molecule has 0 saturated heterocycles. The fourth-order valence-electron chi connectivity index (χ4n) is 2.08. The van der Waals surface area contributed by atoms with Crippen molar-refractivity contribution in [3.8, 4) is 0 Å². The monoisotopic (exact) mass is 338 g/mol. The second-order valence-electron chi connectivity index (χ2n) is 4.62. The van der Waals surface area contributed by atoms with Gasteiger partial charge in [-0.15, -0.1) is 11.3 Å². The molecule has 1 atom stereocenters. The number of rotatable bonds is 7. The smallest absolute Gasteiger partial charge is 0.0794 e. The minimum atomic E-state index is 0.471. The van der Waals surface area contributed by atoms with E-state index in [1.165, 1.54) is 14.9 Å². The summed E-state index contributed by atoms with van der Waals surface area (Å²) in [5.74, 6) is 0. The van der Waals surface area contributed by atoms with Crippen LogP contribution in [0.25, 0.3) is 0 Å².